The summed E-state index contributed by atoms with van der Waals surface area (Å²) in [4.78, 5) is 19.3. The van der Waals surface area contributed by atoms with Crippen molar-refractivity contribution in [2.24, 2.45) is 0 Å². The third-order valence-electron chi connectivity index (χ3n) is 2.52. The number of carbonyl (C=O) groups is 1. The number of hydrogen-bond donors (Lipinski definition) is 1. The second kappa shape index (κ2) is 4.87. The second-order valence-electron chi connectivity index (χ2n) is 3.82. The first-order valence-electron chi connectivity index (χ1n) is 5.45. The van der Waals surface area contributed by atoms with Crippen LogP contribution in [0.5, 0.6) is 0 Å². The van der Waals surface area contributed by atoms with E-state index in [0.29, 0.717) is 5.82 Å². The van der Waals surface area contributed by atoms with E-state index in [1.165, 1.54) is 13.3 Å². The number of nitrogens with one attached hydrogen (secondary N) is 1. The lowest BCUT2D eigenvalue weighted by Gasteiger charge is -2.11. The smallest absolute Gasteiger partial charge is 0.376 e. The summed E-state index contributed by atoms with van der Waals surface area (Å²) in [6.07, 6.45) is 1.51. The van der Waals surface area contributed by atoms with Crippen LogP contribution in [0, 0.1) is 13.8 Å². The molecule has 6 heteroatoms. The number of aryl methyl sites for hydroxylation is 2. The van der Waals surface area contributed by atoms with Crippen molar-refractivity contribution < 1.29 is 9.53 Å². The summed E-state index contributed by atoms with van der Waals surface area (Å²) in [5.74, 6) is 0.0114. The molecule has 2 aromatic heterocycles. The molecule has 2 aromatic rings. The predicted molar refractivity (Wildman–Crippen MR) is 66.3 cm³/mol. The summed E-state index contributed by atoms with van der Waals surface area (Å²) in [5, 5.41) is 0. The van der Waals surface area contributed by atoms with Crippen LogP contribution in [0.4, 0.5) is 5.82 Å². The number of hydrogen-bond acceptors (Lipinski definition) is 5. The summed E-state index contributed by atoms with van der Waals surface area (Å²) in [5.41, 5.74) is 5.19. The minimum absolute atomic E-state index is 0.0324. The van der Waals surface area contributed by atoms with Gasteiger partial charge < -0.3 is 4.74 Å². The standard InChI is InChI=1S/C12H14N4O2/c1-8-4-5-9(2)16(8)15-10-6-7-13-11(14-10)12(17)18-3/h4-7H,1-3H3,(H,13,14,15). The van der Waals surface area contributed by atoms with Crippen molar-refractivity contribution in [2.45, 2.75) is 13.8 Å². The molecule has 0 aliphatic carbocycles. The topological polar surface area (TPSA) is 69.0 Å². The molecule has 6 nitrogen and oxygen atoms in total. The van der Waals surface area contributed by atoms with Gasteiger partial charge >= 0.3 is 5.97 Å². The maximum Gasteiger partial charge on any atom is 0.376 e. The first-order chi connectivity index (χ1) is 8.61. The molecule has 1 N–H and O–H groups in total. The molecule has 94 valence electrons. The van der Waals surface area contributed by atoms with Crippen LogP contribution in [-0.4, -0.2) is 27.7 Å². The van der Waals surface area contributed by atoms with Crippen LogP contribution in [0.1, 0.15) is 22.0 Å². The van der Waals surface area contributed by atoms with Crippen LogP contribution in [0.3, 0.4) is 0 Å². The minimum Gasteiger partial charge on any atom is -0.463 e. The molecule has 0 aliphatic heterocycles. The van der Waals surface area contributed by atoms with Gasteiger partial charge in [0.05, 0.1) is 7.11 Å². The van der Waals surface area contributed by atoms with E-state index in [0.717, 1.165) is 11.4 Å². The molecule has 0 aromatic carbocycles. The fraction of sp³-hybridized carbons (Fsp3) is 0.250. The van der Waals surface area contributed by atoms with Gasteiger partial charge in [-0.25, -0.2) is 14.8 Å². The Kier molecular flexibility index (Phi) is 3.27. The van der Waals surface area contributed by atoms with E-state index in [4.69, 9.17) is 0 Å². The maximum absolute atomic E-state index is 11.3. The molecule has 0 saturated carbocycles. The molecular weight excluding hydrogens is 232 g/mol. The van der Waals surface area contributed by atoms with Gasteiger partial charge in [0, 0.05) is 23.7 Å². The predicted octanol–water partition coefficient (Wildman–Crippen LogP) is 1.56. The van der Waals surface area contributed by atoms with Crippen LogP contribution in [0.25, 0.3) is 0 Å². The lowest BCUT2D eigenvalue weighted by atomic mass is 10.5. The fourth-order valence-electron chi connectivity index (χ4n) is 1.57. The minimum atomic E-state index is -0.556. The van der Waals surface area contributed by atoms with E-state index in [9.17, 15) is 4.79 Å². The van der Waals surface area contributed by atoms with Crippen molar-refractivity contribution in [2.75, 3.05) is 12.5 Å². The number of rotatable bonds is 3. The first kappa shape index (κ1) is 12.1. The first-order valence-corrected chi connectivity index (χ1v) is 5.45. The Morgan fingerprint density at radius 3 is 2.56 bits per heavy atom. The molecule has 0 amide bonds. The van der Waals surface area contributed by atoms with Gasteiger partial charge in [0.2, 0.25) is 5.82 Å². The number of nitrogens with zero attached hydrogens (tertiary/aromatic N) is 3. The lowest BCUT2D eigenvalue weighted by molar-refractivity contribution is 0.0587. The normalized spacial score (nSPS) is 10.2. The molecular formula is C12H14N4O2. The Balaban J connectivity index is 2.27. The molecule has 2 rings (SSSR count). The fourth-order valence-corrected chi connectivity index (χ4v) is 1.57. The zero-order chi connectivity index (χ0) is 13.1. The Hall–Kier alpha value is -2.37. The zero-order valence-electron chi connectivity index (χ0n) is 10.5. The molecule has 0 bridgehead atoms. The van der Waals surface area contributed by atoms with Crippen LogP contribution in [0.15, 0.2) is 24.4 Å². The molecule has 0 fully saturated rings. The highest BCUT2D eigenvalue weighted by Crippen LogP contribution is 2.09. The third kappa shape index (κ3) is 2.32. The van der Waals surface area contributed by atoms with Gasteiger partial charge in [0.25, 0.3) is 0 Å². The third-order valence-corrected chi connectivity index (χ3v) is 2.52. The largest absolute Gasteiger partial charge is 0.463 e. The van der Waals surface area contributed by atoms with Crippen molar-refractivity contribution in [1.29, 1.82) is 0 Å². The number of esters is 1. The molecule has 0 aliphatic rings. The molecule has 18 heavy (non-hydrogen) atoms. The van der Waals surface area contributed by atoms with Crippen molar-refractivity contribution >= 4 is 11.8 Å². The van der Waals surface area contributed by atoms with Gasteiger partial charge in [-0.05, 0) is 26.0 Å². The number of anilines is 1. The van der Waals surface area contributed by atoms with Crippen LogP contribution < -0.4 is 5.43 Å². The number of methoxy groups -OCH3 is 1. The van der Waals surface area contributed by atoms with Gasteiger partial charge in [-0.2, -0.15) is 0 Å². The van der Waals surface area contributed by atoms with Gasteiger partial charge in [-0.1, -0.05) is 0 Å². The average Bonchev–Trinajstić information content (AvgIpc) is 2.70. The summed E-state index contributed by atoms with van der Waals surface area (Å²) in [6.45, 7) is 3.95. The maximum atomic E-state index is 11.3. The highest BCUT2D eigenvalue weighted by Gasteiger charge is 2.10. The molecule has 0 radical (unpaired) electrons. The Morgan fingerprint density at radius 1 is 1.28 bits per heavy atom. The zero-order valence-corrected chi connectivity index (χ0v) is 10.5. The van der Waals surface area contributed by atoms with E-state index in [-0.39, 0.29) is 5.82 Å². The van der Waals surface area contributed by atoms with Crippen LogP contribution >= 0.6 is 0 Å². The molecule has 2 heterocycles. The monoisotopic (exact) mass is 246 g/mol. The summed E-state index contributed by atoms with van der Waals surface area (Å²) in [7, 11) is 1.30. The molecule has 0 unspecified atom stereocenters. The van der Waals surface area contributed by atoms with Crippen molar-refractivity contribution in [3.05, 3.63) is 41.6 Å². The van der Waals surface area contributed by atoms with Gasteiger partial charge in [0.15, 0.2) is 0 Å². The Bertz CT molecular complexity index is 558. The van der Waals surface area contributed by atoms with E-state index in [2.05, 4.69) is 20.1 Å². The average molecular weight is 246 g/mol. The van der Waals surface area contributed by atoms with Gasteiger partial charge in [-0.3, -0.25) is 10.1 Å². The van der Waals surface area contributed by atoms with Gasteiger partial charge in [0.1, 0.15) is 5.82 Å². The van der Waals surface area contributed by atoms with E-state index < -0.39 is 5.97 Å². The molecule has 0 saturated heterocycles. The Labute approximate surface area is 105 Å². The summed E-state index contributed by atoms with van der Waals surface area (Å²) >= 11 is 0. The molecule has 0 spiro atoms. The van der Waals surface area contributed by atoms with Crippen LogP contribution in [0.2, 0.25) is 0 Å². The highest BCUT2D eigenvalue weighted by molar-refractivity contribution is 5.85. The SMILES string of the molecule is COC(=O)c1nccc(Nn2c(C)ccc2C)n1. The van der Waals surface area contributed by atoms with Crippen molar-refractivity contribution in [3.63, 3.8) is 0 Å². The van der Waals surface area contributed by atoms with Crippen molar-refractivity contribution in [1.82, 2.24) is 14.6 Å². The summed E-state index contributed by atoms with van der Waals surface area (Å²) < 4.78 is 6.45. The lowest BCUT2D eigenvalue weighted by Crippen LogP contribution is -2.15. The number of carbonyl (C=O) groups excluding carboxylic acids is 1. The number of ether oxygens (including phenoxy) is 1. The quantitative estimate of drug-likeness (QED) is 0.832. The molecule has 0 atom stereocenters. The van der Waals surface area contributed by atoms with E-state index in [1.54, 1.807) is 6.07 Å². The van der Waals surface area contributed by atoms with Crippen LogP contribution in [-0.2, 0) is 4.74 Å². The Morgan fingerprint density at radius 2 is 1.94 bits per heavy atom. The van der Waals surface area contributed by atoms with Crippen molar-refractivity contribution in [3.8, 4) is 0 Å². The summed E-state index contributed by atoms with van der Waals surface area (Å²) in [6, 6.07) is 5.67. The van der Waals surface area contributed by atoms with E-state index >= 15 is 0 Å². The highest BCUT2D eigenvalue weighted by atomic mass is 16.5. The second-order valence-corrected chi connectivity index (χ2v) is 3.82. The number of aromatic nitrogens is 3. The van der Waals surface area contributed by atoms with Gasteiger partial charge in [-0.15, -0.1) is 0 Å². The van der Waals surface area contributed by atoms with E-state index in [1.807, 2.05) is 30.7 Å².